The molecule has 0 unspecified atom stereocenters. The fourth-order valence-corrected chi connectivity index (χ4v) is 4.36. The average molecular weight is 392 g/mol. The molecule has 0 radical (unpaired) electrons. The van der Waals surface area contributed by atoms with Gasteiger partial charge < -0.3 is 9.88 Å². The number of H-pyrrole nitrogens is 1. The molecule has 1 aliphatic rings. The summed E-state index contributed by atoms with van der Waals surface area (Å²) in [7, 11) is 0. The Morgan fingerprint density at radius 2 is 1.92 bits per heavy atom. The Morgan fingerprint density at radius 1 is 1.19 bits per heavy atom. The summed E-state index contributed by atoms with van der Waals surface area (Å²) in [6, 6.07) is 7.75. The monoisotopic (exact) mass is 391 g/mol. The van der Waals surface area contributed by atoms with Gasteiger partial charge in [-0.15, -0.1) is 0 Å². The molecule has 1 aromatic heterocycles. The van der Waals surface area contributed by atoms with E-state index in [0.29, 0.717) is 12.8 Å². The zero-order valence-electron chi connectivity index (χ0n) is 15.3. The summed E-state index contributed by atoms with van der Waals surface area (Å²) < 4.78 is 0. The van der Waals surface area contributed by atoms with E-state index in [4.69, 9.17) is 16.6 Å². The number of thioether (sulfide) groups is 1. The lowest BCUT2D eigenvalue weighted by Crippen LogP contribution is -2.31. The van der Waals surface area contributed by atoms with Crippen molar-refractivity contribution in [3.8, 4) is 0 Å². The molecule has 0 saturated carbocycles. The van der Waals surface area contributed by atoms with Crippen molar-refractivity contribution in [1.82, 2.24) is 14.9 Å². The van der Waals surface area contributed by atoms with E-state index in [0.717, 1.165) is 39.3 Å². The molecule has 140 valence electrons. The fourth-order valence-electron chi connectivity index (χ4n) is 3.35. The quantitative estimate of drug-likeness (QED) is 0.568. The van der Waals surface area contributed by atoms with Crippen LogP contribution in [0, 0.1) is 0 Å². The Kier molecular flexibility index (Phi) is 7.17. The molecule has 0 bridgehead atoms. The van der Waals surface area contributed by atoms with Gasteiger partial charge in [0.05, 0.1) is 5.69 Å². The first-order valence-corrected chi connectivity index (χ1v) is 10.7. The van der Waals surface area contributed by atoms with Crippen LogP contribution in [0.3, 0.4) is 0 Å². The van der Waals surface area contributed by atoms with Crippen molar-refractivity contribution in [3.63, 3.8) is 0 Å². The van der Waals surface area contributed by atoms with Crippen molar-refractivity contribution in [2.24, 2.45) is 0 Å². The third kappa shape index (κ3) is 5.35. The zero-order valence-corrected chi connectivity index (χ0v) is 16.8. The van der Waals surface area contributed by atoms with Crippen LogP contribution in [0.5, 0.6) is 0 Å². The van der Waals surface area contributed by atoms with Crippen molar-refractivity contribution in [2.45, 2.75) is 44.2 Å². The number of rotatable bonds is 7. The Morgan fingerprint density at radius 3 is 2.62 bits per heavy atom. The number of hydrogen-bond donors (Lipinski definition) is 1. The third-order valence-electron chi connectivity index (χ3n) is 4.81. The maximum Gasteiger partial charge on any atom is 0.254 e. The van der Waals surface area contributed by atoms with Gasteiger partial charge in [0.15, 0.2) is 5.16 Å². The summed E-state index contributed by atoms with van der Waals surface area (Å²) in [6.07, 6.45) is 5.30. The highest BCUT2D eigenvalue weighted by atomic mass is 35.5. The van der Waals surface area contributed by atoms with E-state index in [2.05, 4.69) is 9.88 Å². The number of aromatic amines is 1. The number of nitrogens with one attached hydrogen (secondary N) is 1. The lowest BCUT2D eigenvalue weighted by Gasteiger charge is -2.25. The zero-order chi connectivity index (χ0) is 18.4. The van der Waals surface area contributed by atoms with Crippen LogP contribution in [0.2, 0.25) is 5.02 Å². The lowest BCUT2D eigenvalue weighted by molar-refractivity contribution is 0.242. The van der Waals surface area contributed by atoms with Crippen molar-refractivity contribution in [1.29, 1.82) is 0 Å². The minimum Gasteiger partial charge on any atom is -0.303 e. The van der Waals surface area contributed by atoms with Gasteiger partial charge in [0.1, 0.15) is 0 Å². The van der Waals surface area contributed by atoms with Crippen LogP contribution in [-0.2, 0) is 12.8 Å². The van der Waals surface area contributed by atoms with Gasteiger partial charge in [-0.3, -0.25) is 4.79 Å². The van der Waals surface area contributed by atoms with Gasteiger partial charge in [0, 0.05) is 29.3 Å². The molecule has 0 spiro atoms. The first kappa shape index (κ1) is 19.5. The molecule has 0 atom stereocenters. The highest BCUT2D eigenvalue weighted by Gasteiger charge is 2.13. The molecule has 0 aliphatic carbocycles. The van der Waals surface area contributed by atoms with Gasteiger partial charge in [-0.25, -0.2) is 4.98 Å². The Hall–Kier alpha value is -1.30. The molecule has 1 fully saturated rings. The number of piperidine rings is 1. The molecule has 1 aromatic carbocycles. The van der Waals surface area contributed by atoms with Crippen LogP contribution < -0.4 is 5.56 Å². The topological polar surface area (TPSA) is 49.0 Å². The Balaban J connectivity index is 1.69. The Labute approximate surface area is 164 Å². The van der Waals surface area contributed by atoms with E-state index >= 15 is 0 Å². The van der Waals surface area contributed by atoms with E-state index in [9.17, 15) is 4.79 Å². The van der Waals surface area contributed by atoms with Crippen LogP contribution in [0.25, 0.3) is 0 Å². The van der Waals surface area contributed by atoms with E-state index in [1.807, 2.05) is 31.2 Å². The average Bonchev–Trinajstić information content (AvgIpc) is 2.64. The number of nitrogens with zero attached hydrogens (tertiary/aromatic N) is 2. The molecule has 6 heteroatoms. The van der Waals surface area contributed by atoms with E-state index in [1.54, 1.807) is 11.8 Å². The Bertz CT molecular complexity index is 770. The largest absolute Gasteiger partial charge is 0.303 e. The van der Waals surface area contributed by atoms with Gasteiger partial charge in [-0.2, -0.15) is 0 Å². The molecule has 1 saturated heterocycles. The first-order chi connectivity index (χ1) is 12.7. The SMILES string of the molecule is CCc1c(Cc2ccc(Cl)cc2)nc(SCCN2CCCCC2)[nH]c1=O. The standard InChI is InChI=1S/C20H26ClN3OS/c1-2-17-18(14-15-6-8-16(21)9-7-15)22-20(23-19(17)25)26-13-12-24-10-4-3-5-11-24/h6-9H,2-5,10-14H2,1H3,(H,22,23,25). The maximum atomic E-state index is 12.5. The van der Waals surface area contributed by atoms with E-state index < -0.39 is 0 Å². The number of benzene rings is 1. The van der Waals surface area contributed by atoms with Crippen LogP contribution in [0.1, 0.15) is 43.0 Å². The molecule has 2 heterocycles. The molecular formula is C20H26ClN3OS. The number of halogens is 1. The second-order valence-electron chi connectivity index (χ2n) is 6.70. The number of hydrogen-bond acceptors (Lipinski definition) is 4. The second-order valence-corrected chi connectivity index (χ2v) is 8.22. The van der Waals surface area contributed by atoms with Gasteiger partial charge in [-0.05, 0) is 50.0 Å². The molecule has 2 aromatic rings. The maximum absolute atomic E-state index is 12.5. The first-order valence-electron chi connectivity index (χ1n) is 9.37. The predicted octanol–water partition coefficient (Wildman–Crippen LogP) is 4.15. The van der Waals surface area contributed by atoms with Gasteiger partial charge >= 0.3 is 0 Å². The summed E-state index contributed by atoms with van der Waals surface area (Å²) in [6.45, 7) is 5.44. The van der Waals surface area contributed by atoms with Gasteiger partial charge in [-0.1, -0.05) is 48.8 Å². The summed E-state index contributed by atoms with van der Waals surface area (Å²) in [4.78, 5) is 22.7. The number of aromatic nitrogens is 2. The fraction of sp³-hybridized carbons (Fsp3) is 0.500. The van der Waals surface area contributed by atoms with Gasteiger partial charge in [0.25, 0.3) is 5.56 Å². The van der Waals surface area contributed by atoms with E-state index in [-0.39, 0.29) is 5.56 Å². The van der Waals surface area contributed by atoms with E-state index in [1.165, 1.54) is 32.4 Å². The smallest absolute Gasteiger partial charge is 0.254 e. The second kappa shape index (κ2) is 9.58. The summed E-state index contributed by atoms with van der Waals surface area (Å²) in [5.74, 6) is 0.953. The molecular weight excluding hydrogens is 366 g/mol. The molecule has 1 N–H and O–H groups in total. The normalized spacial score (nSPS) is 15.3. The van der Waals surface area contributed by atoms with Crippen molar-refractivity contribution in [2.75, 3.05) is 25.4 Å². The summed E-state index contributed by atoms with van der Waals surface area (Å²) in [5.41, 5.74) is 2.76. The van der Waals surface area contributed by atoms with Crippen LogP contribution in [-0.4, -0.2) is 40.3 Å². The van der Waals surface area contributed by atoms with Crippen LogP contribution >= 0.6 is 23.4 Å². The van der Waals surface area contributed by atoms with Crippen molar-refractivity contribution in [3.05, 3.63) is 56.5 Å². The van der Waals surface area contributed by atoms with Crippen molar-refractivity contribution < 1.29 is 0 Å². The highest BCUT2D eigenvalue weighted by molar-refractivity contribution is 7.99. The highest BCUT2D eigenvalue weighted by Crippen LogP contribution is 2.18. The third-order valence-corrected chi connectivity index (χ3v) is 5.92. The number of likely N-dealkylation sites (tertiary alicyclic amines) is 1. The molecule has 4 nitrogen and oxygen atoms in total. The summed E-state index contributed by atoms with van der Waals surface area (Å²) in [5, 5.41) is 1.45. The van der Waals surface area contributed by atoms with Crippen molar-refractivity contribution >= 4 is 23.4 Å². The van der Waals surface area contributed by atoms with Crippen LogP contribution in [0.4, 0.5) is 0 Å². The molecule has 1 aliphatic heterocycles. The molecule has 0 amide bonds. The molecule has 3 rings (SSSR count). The lowest BCUT2D eigenvalue weighted by atomic mass is 10.0. The van der Waals surface area contributed by atoms with Gasteiger partial charge in [0.2, 0.25) is 0 Å². The molecule has 26 heavy (non-hydrogen) atoms. The minimum absolute atomic E-state index is 0.00747. The summed E-state index contributed by atoms with van der Waals surface area (Å²) >= 11 is 7.61. The predicted molar refractivity (Wildman–Crippen MR) is 110 cm³/mol. The minimum atomic E-state index is -0.00747. The van der Waals surface area contributed by atoms with Crippen LogP contribution in [0.15, 0.2) is 34.2 Å².